The quantitative estimate of drug-likeness (QED) is 0.841. The fourth-order valence-electron chi connectivity index (χ4n) is 2.36. The molecule has 1 aromatic heterocycles. The van der Waals surface area contributed by atoms with Crippen LogP contribution in [0.1, 0.15) is 42.2 Å². The summed E-state index contributed by atoms with van der Waals surface area (Å²) in [6.45, 7) is 4.28. The molecular formula is C13H18N2O4S. The number of nitrogens with zero attached hydrogens (tertiary/aromatic N) is 1. The fraction of sp³-hybridized carbons (Fsp3) is 0.615. The van der Waals surface area contributed by atoms with E-state index in [1.54, 1.807) is 6.92 Å². The number of amides is 1. The lowest BCUT2D eigenvalue weighted by atomic mass is 9.80. The van der Waals surface area contributed by atoms with Crippen LogP contribution >= 0.6 is 11.5 Å². The van der Waals surface area contributed by atoms with Crippen molar-refractivity contribution in [1.82, 2.24) is 4.37 Å². The Morgan fingerprint density at radius 1 is 1.50 bits per heavy atom. The molecule has 0 aliphatic heterocycles. The molecule has 20 heavy (non-hydrogen) atoms. The molecule has 0 spiro atoms. The van der Waals surface area contributed by atoms with Crippen LogP contribution in [-0.4, -0.2) is 34.1 Å². The Bertz CT molecular complexity index is 508. The first-order valence-electron chi connectivity index (χ1n) is 6.62. The highest BCUT2D eigenvalue weighted by Gasteiger charge is 2.31. The number of hydrogen-bond acceptors (Lipinski definition) is 5. The van der Waals surface area contributed by atoms with Crippen molar-refractivity contribution in [2.75, 3.05) is 11.9 Å². The number of aromatic nitrogens is 1. The Labute approximate surface area is 121 Å². The van der Waals surface area contributed by atoms with Crippen LogP contribution < -0.4 is 5.32 Å². The average Bonchev–Trinajstić information content (AvgIpc) is 2.67. The van der Waals surface area contributed by atoms with Crippen LogP contribution in [0.15, 0.2) is 0 Å². The van der Waals surface area contributed by atoms with Gasteiger partial charge in [-0.05, 0) is 44.1 Å². The van der Waals surface area contributed by atoms with E-state index in [2.05, 4.69) is 9.69 Å². The van der Waals surface area contributed by atoms with Gasteiger partial charge in [0, 0.05) is 13.0 Å². The molecule has 1 aromatic rings. The first-order chi connectivity index (χ1) is 9.51. The first kappa shape index (κ1) is 14.9. The van der Waals surface area contributed by atoms with E-state index in [4.69, 9.17) is 9.84 Å². The van der Waals surface area contributed by atoms with E-state index in [0.29, 0.717) is 29.6 Å². The zero-order valence-electron chi connectivity index (χ0n) is 11.5. The maximum Gasteiger partial charge on any atom is 0.340 e. The Morgan fingerprint density at radius 2 is 2.20 bits per heavy atom. The summed E-state index contributed by atoms with van der Waals surface area (Å²) in [4.78, 5) is 23.0. The zero-order chi connectivity index (χ0) is 14.7. The van der Waals surface area contributed by atoms with Crippen molar-refractivity contribution in [1.29, 1.82) is 0 Å². The van der Waals surface area contributed by atoms with E-state index in [-0.39, 0.29) is 17.6 Å². The third kappa shape index (κ3) is 3.34. The molecular weight excluding hydrogens is 280 g/mol. The maximum absolute atomic E-state index is 11.9. The standard InChI is InChI=1S/C13H18N2O4S/c1-3-19-9-4-8(5-9)6-10(16)14-12-11(13(17)18)7(2)15-20-12/h8-9H,3-6H2,1-2H3,(H,14,16)(H,17,18). The minimum atomic E-state index is -1.06. The van der Waals surface area contributed by atoms with Gasteiger partial charge in [-0.15, -0.1) is 0 Å². The predicted molar refractivity (Wildman–Crippen MR) is 75.2 cm³/mol. The van der Waals surface area contributed by atoms with Gasteiger partial charge in [0.2, 0.25) is 5.91 Å². The number of carboxylic acids is 1. The Hall–Kier alpha value is -1.47. The zero-order valence-corrected chi connectivity index (χ0v) is 12.3. The highest BCUT2D eigenvalue weighted by atomic mass is 32.1. The second-order valence-electron chi connectivity index (χ2n) is 4.94. The van der Waals surface area contributed by atoms with Crippen molar-refractivity contribution in [3.63, 3.8) is 0 Å². The summed E-state index contributed by atoms with van der Waals surface area (Å²) in [5.74, 6) is -0.892. The first-order valence-corrected chi connectivity index (χ1v) is 7.39. The largest absolute Gasteiger partial charge is 0.478 e. The number of anilines is 1. The smallest absolute Gasteiger partial charge is 0.340 e. The molecule has 1 aliphatic rings. The molecule has 0 atom stereocenters. The molecule has 1 aliphatic carbocycles. The summed E-state index contributed by atoms with van der Waals surface area (Å²) in [5, 5.41) is 12.1. The number of carboxylic acid groups (broad SMARTS) is 1. The molecule has 1 saturated carbocycles. The van der Waals surface area contributed by atoms with Gasteiger partial charge >= 0.3 is 5.97 Å². The molecule has 7 heteroatoms. The summed E-state index contributed by atoms with van der Waals surface area (Å²) in [7, 11) is 0. The minimum Gasteiger partial charge on any atom is -0.478 e. The molecule has 0 aromatic carbocycles. The van der Waals surface area contributed by atoms with Gasteiger partial charge in [-0.2, -0.15) is 4.37 Å². The fourth-order valence-corrected chi connectivity index (χ4v) is 3.17. The van der Waals surface area contributed by atoms with Crippen molar-refractivity contribution in [2.24, 2.45) is 5.92 Å². The number of ether oxygens (including phenoxy) is 1. The summed E-state index contributed by atoms with van der Waals surface area (Å²) < 4.78 is 9.41. The van der Waals surface area contributed by atoms with Crippen molar-refractivity contribution >= 4 is 28.4 Å². The van der Waals surface area contributed by atoms with E-state index in [9.17, 15) is 9.59 Å². The number of aromatic carboxylic acids is 1. The molecule has 0 unspecified atom stereocenters. The molecule has 0 bridgehead atoms. The highest BCUT2D eigenvalue weighted by molar-refractivity contribution is 7.11. The van der Waals surface area contributed by atoms with E-state index < -0.39 is 5.97 Å². The molecule has 2 N–H and O–H groups in total. The minimum absolute atomic E-state index is 0.0872. The number of carbonyl (C=O) groups is 2. The average molecular weight is 298 g/mol. The molecule has 0 saturated heterocycles. The number of hydrogen-bond donors (Lipinski definition) is 2. The van der Waals surface area contributed by atoms with Crippen LogP contribution in [0.5, 0.6) is 0 Å². The van der Waals surface area contributed by atoms with Crippen LogP contribution in [-0.2, 0) is 9.53 Å². The SMILES string of the molecule is CCOC1CC(CC(=O)Nc2snc(C)c2C(=O)O)C1. The lowest BCUT2D eigenvalue weighted by Gasteiger charge is -2.34. The maximum atomic E-state index is 11.9. The van der Waals surface area contributed by atoms with Gasteiger partial charge in [-0.25, -0.2) is 4.79 Å². The van der Waals surface area contributed by atoms with Gasteiger partial charge < -0.3 is 15.2 Å². The second kappa shape index (κ2) is 6.32. The lowest BCUT2D eigenvalue weighted by molar-refractivity contribution is -0.119. The van der Waals surface area contributed by atoms with Crippen molar-refractivity contribution in [2.45, 2.75) is 39.2 Å². The van der Waals surface area contributed by atoms with Crippen LogP contribution in [0, 0.1) is 12.8 Å². The van der Waals surface area contributed by atoms with E-state index in [1.807, 2.05) is 6.92 Å². The summed E-state index contributed by atoms with van der Waals surface area (Å²) in [6, 6.07) is 0. The van der Waals surface area contributed by atoms with E-state index in [0.717, 1.165) is 24.4 Å². The monoisotopic (exact) mass is 298 g/mol. The van der Waals surface area contributed by atoms with E-state index >= 15 is 0 Å². The van der Waals surface area contributed by atoms with Crippen molar-refractivity contribution < 1.29 is 19.4 Å². The van der Waals surface area contributed by atoms with Crippen molar-refractivity contribution in [3.05, 3.63) is 11.3 Å². The molecule has 1 amide bonds. The van der Waals surface area contributed by atoms with Gasteiger partial charge in [-0.1, -0.05) is 0 Å². The molecule has 6 nitrogen and oxygen atoms in total. The Kier molecular flexibility index (Phi) is 4.72. The number of nitrogens with one attached hydrogen (secondary N) is 1. The third-order valence-electron chi connectivity index (χ3n) is 3.40. The molecule has 110 valence electrons. The molecule has 0 radical (unpaired) electrons. The topological polar surface area (TPSA) is 88.5 Å². The molecule has 2 rings (SSSR count). The van der Waals surface area contributed by atoms with Crippen LogP contribution in [0.3, 0.4) is 0 Å². The van der Waals surface area contributed by atoms with Gasteiger partial charge in [0.1, 0.15) is 10.6 Å². The number of carbonyl (C=O) groups excluding carboxylic acids is 1. The van der Waals surface area contributed by atoms with Crippen LogP contribution in [0.4, 0.5) is 5.00 Å². The summed E-state index contributed by atoms with van der Waals surface area (Å²) >= 11 is 1.01. The Morgan fingerprint density at radius 3 is 2.80 bits per heavy atom. The van der Waals surface area contributed by atoms with Gasteiger partial charge in [0.15, 0.2) is 0 Å². The molecule has 1 fully saturated rings. The summed E-state index contributed by atoms with van der Waals surface area (Å²) in [6.07, 6.45) is 2.47. The normalized spacial score (nSPS) is 21.3. The highest BCUT2D eigenvalue weighted by Crippen LogP contribution is 2.33. The van der Waals surface area contributed by atoms with Gasteiger partial charge in [0.25, 0.3) is 0 Å². The van der Waals surface area contributed by atoms with Crippen LogP contribution in [0.25, 0.3) is 0 Å². The van der Waals surface area contributed by atoms with E-state index in [1.165, 1.54) is 0 Å². The Balaban J connectivity index is 1.85. The number of rotatable bonds is 6. The van der Waals surface area contributed by atoms with Gasteiger partial charge in [-0.3, -0.25) is 4.79 Å². The van der Waals surface area contributed by atoms with Crippen LogP contribution in [0.2, 0.25) is 0 Å². The van der Waals surface area contributed by atoms with Gasteiger partial charge in [0.05, 0.1) is 11.8 Å². The lowest BCUT2D eigenvalue weighted by Crippen LogP contribution is -2.33. The summed E-state index contributed by atoms with van der Waals surface area (Å²) in [5.41, 5.74) is 0.516. The predicted octanol–water partition coefficient (Wildman–Crippen LogP) is 2.29. The third-order valence-corrected chi connectivity index (χ3v) is 4.25. The molecule has 1 heterocycles. The second-order valence-corrected chi connectivity index (χ2v) is 5.72. The number of aryl methyl sites for hydroxylation is 1. The van der Waals surface area contributed by atoms with Crippen molar-refractivity contribution in [3.8, 4) is 0 Å².